The Morgan fingerprint density at radius 2 is 2.27 bits per heavy atom. The molecule has 3 nitrogen and oxygen atoms in total. The van der Waals surface area contributed by atoms with Crippen molar-refractivity contribution in [2.24, 2.45) is 0 Å². The number of hydrogen-bond donors (Lipinski definition) is 1. The SMILES string of the molecule is C=C(CNCCC(C)SC)C(=O)OCC. The smallest absolute Gasteiger partial charge is 0.334 e. The van der Waals surface area contributed by atoms with Gasteiger partial charge >= 0.3 is 5.97 Å². The lowest BCUT2D eigenvalue weighted by Crippen LogP contribution is -2.24. The molecule has 0 saturated carbocycles. The summed E-state index contributed by atoms with van der Waals surface area (Å²) in [5.74, 6) is -0.303. The molecule has 0 heterocycles. The lowest BCUT2D eigenvalue weighted by atomic mass is 10.3. The zero-order valence-corrected chi connectivity index (χ0v) is 10.7. The van der Waals surface area contributed by atoms with E-state index in [0.29, 0.717) is 24.0 Å². The molecule has 1 unspecified atom stereocenters. The summed E-state index contributed by atoms with van der Waals surface area (Å²) in [4.78, 5) is 11.2. The molecule has 15 heavy (non-hydrogen) atoms. The van der Waals surface area contributed by atoms with Gasteiger partial charge in [0.25, 0.3) is 0 Å². The summed E-state index contributed by atoms with van der Waals surface area (Å²) in [6, 6.07) is 0. The van der Waals surface area contributed by atoms with Gasteiger partial charge in [0.1, 0.15) is 0 Å². The molecule has 0 radical (unpaired) electrons. The highest BCUT2D eigenvalue weighted by molar-refractivity contribution is 7.99. The summed E-state index contributed by atoms with van der Waals surface area (Å²) < 4.78 is 4.82. The fourth-order valence-corrected chi connectivity index (χ4v) is 1.32. The molecular weight excluding hydrogens is 210 g/mol. The number of rotatable bonds is 8. The van der Waals surface area contributed by atoms with Gasteiger partial charge in [-0.1, -0.05) is 13.5 Å². The predicted octanol–water partition coefficient (Wildman–Crippen LogP) is 1.84. The molecule has 1 N–H and O–H groups in total. The van der Waals surface area contributed by atoms with Gasteiger partial charge in [0.15, 0.2) is 0 Å². The van der Waals surface area contributed by atoms with Gasteiger partial charge in [-0.25, -0.2) is 4.79 Å². The van der Waals surface area contributed by atoms with Crippen LogP contribution < -0.4 is 5.32 Å². The Kier molecular flexibility index (Phi) is 8.52. The van der Waals surface area contributed by atoms with Crippen LogP contribution >= 0.6 is 11.8 Å². The largest absolute Gasteiger partial charge is 0.463 e. The predicted molar refractivity (Wildman–Crippen MR) is 66.2 cm³/mol. The van der Waals surface area contributed by atoms with Gasteiger partial charge in [-0.15, -0.1) is 0 Å². The van der Waals surface area contributed by atoms with Crippen LogP contribution in [-0.4, -0.2) is 37.2 Å². The van der Waals surface area contributed by atoms with Crippen molar-refractivity contribution in [2.75, 3.05) is 26.0 Å². The maximum Gasteiger partial charge on any atom is 0.334 e. The monoisotopic (exact) mass is 231 g/mol. The second kappa shape index (κ2) is 8.80. The maximum absolute atomic E-state index is 11.2. The molecule has 0 fully saturated rings. The normalized spacial score (nSPS) is 12.2. The number of esters is 1. The van der Waals surface area contributed by atoms with Gasteiger partial charge in [-0.05, 0) is 26.1 Å². The van der Waals surface area contributed by atoms with E-state index >= 15 is 0 Å². The molecule has 0 aliphatic rings. The first-order valence-electron chi connectivity index (χ1n) is 5.20. The van der Waals surface area contributed by atoms with Crippen molar-refractivity contribution in [1.82, 2.24) is 5.32 Å². The zero-order chi connectivity index (χ0) is 11.7. The second-order valence-corrected chi connectivity index (χ2v) is 4.61. The summed E-state index contributed by atoms with van der Waals surface area (Å²) in [7, 11) is 0. The first-order chi connectivity index (χ1) is 7.11. The minimum Gasteiger partial charge on any atom is -0.463 e. The van der Waals surface area contributed by atoms with E-state index in [9.17, 15) is 4.79 Å². The van der Waals surface area contributed by atoms with Crippen LogP contribution in [0.25, 0.3) is 0 Å². The van der Waals surface area contributed by atoms with Gasteiger partial charge in [0.05, 0.1) is 6.61 Å². The quantitative estimate of drug-likeness (QED) is 0.393. The molecule has 0 aromatic heterocycles. The summed E-state index contributed by atoms with van der Waals surface area (Å²) >= 11 is 1.84. The Bertz CT molecular complexity index is 207. The molecule has 0 saturated heterocycles. The van der Waals surface area contributed by atoms with Crippen LogP contribution in [0.3, 0.4) is 0 Å². The molecule has 0 bridgehead atoms. The van der Waals surface area contributed by atoms with E-state index in [-0.39, 0.29) is 5.97 Å². The number of carbonyl (C=O) groups excluding carboxylic acids is 1. The Labute approximate surface area is 96.6 Å². The highest BCUT2D eigenvalue weighted by Crippen LogP contribution is 2.07. The van der Waals surface area contributed by atoms with Gasteiger partial charge in [0.2, 0.25) is 0 Å². The van der Waals surface area contributed by atoms with Crippen LogP contribution in [0, 0.1) is 0 Å². The van der Waals surface area contributed by atoms with Crippen molar-refractivity contribution in [3.8, 4) is 0 Å². The van der Waals surface area contributed by atoms with Crippen LogP contribution in [0.1, 0.15) is 20.3 Å². The van der Waals surface area contributed by atoms with E-state index in [1.807, 2.05) is 11.8 Å². The summed E-state index contributed by atoms with van der Waals surface area (Å²) in [6.07, 6.45) is 3.19. The van der Waals surface area contributed by atoms with Crippen LogP contribution in [-0.2, 0) is 9.53 Å². The Morgan fingerprint density at radius 1 is 1.60 bits per heavy atom. The molecule has 0 rings (SSSR count). The van der Waals surface area contributed by atoms with E-state index in [1.54, 1.807) is 6.92 Å². The molecule has 1 atom stereocenters. The topological polar surface area (TPSA) is 38.3 Å². The lowest BCUT2D eigenvalue weighted by molar-refractivity contribution is -0.138. The number of nitrogens with one attached hydrogen (secondary N) is 1. The van der Waals surface area contributed by atoms with Crippen LogP contribution in [0.15, 0.2) is 12.2 Å². The molecule has 0 amide bonds. The first kappa shape index (κ1) is 14.5. The standard InChI is InChI=1S/C11H21NO2S/c1-5-14-11(13)9(2)8-12-7-6-10(3)15-4/h10,12H,2,5-8H2,1,3-4H3. The number of carbonyl (C=O) groups is 1. The third-order valence-electron chi connectivity index (χ3n) is 2.03. The average Bonchev–Trinajstić information content (AvgIpc) is 2.23. The van der Waals surface area contributed by atoms with Crippen LogP contribution in [0.4, 0.5) is 0 Å². The van der Waals surface area contributed by atoms with Crippen molar-refractivity contribution in [3.05, 3.63) is 12.2 Å². The summed E-state index contributed by atoms with van der Waals surface area (Å²) in [6.45, 7) is 9.47. The minimum absolute atomic E-state index is 0.303. The van der Waals surface area contributed by atoms with Crippen molar-refractivity contribution >= 4 is 17.7 Å². The van der Waals surface area contributed by atoms with Gasteiger partial charge in [-0.3, -0.25) is 0 Å². The molecular formula is C11H21NO2S. The third-order valence-corrected chi connectivity index (χ3v) is 3.07. The molecule has 0 aliphatic heterocycles. The van der Waals surface area contributed by atoms with Gasteiger partial charge < -0.3 is 10.1 Å². The fourth-order valence-electron chi connectivity index (χ4n) is 0.968. The molecule has 0 aromatic rings. The number of hydrogen-bond acceptors (Lipinski definition) is 4. The van der Waals surface area contributed by atoms with E-state index in [4.69, 9.17) is 4.74 Å². The molecule has 0 spiro atoms. The van der Waals surface area contributed by atoms with Crippen LogP contribution in [0.2, 0.25) is 0 Å². The lowest BCUT2D eigenvalue weighted by Gasteiger charge is -2.09. The zero-order valence-electron chi connectivity index (χ0n) is 9.84. The molecule has 4 heteroatoms. The van der Waals surface area contributed by atoms with Crippen LogP contribution in [0.5, 0.6) is 0 Å². The van der Waals surface area contributed by atoms with Crippen molar-refractivity contribution in [1.29, 1.82) is 0 Å². The fraction of sp³-hybridized carbons (Fsp3) is 0.727. The number of thioether (sulfide) groups is 1. The van der Waals surface area contributed by atoms with Crippen molar-refractivity contribution in [3.63, 3.8) is 0 Å². The molecule has 0 aliphatic carbocycles. The van der Waals surface area contributed by atoms with Crippen molar-refractivity contribution < 1.29 is 9.53 Å². The van der Waals surface area contributed by atoms with E-state index in [0.717, 1.165) is 13.0 Å². The highest BCUT2D eigenvalue weighted by atomic mass is 32.2. The van der Waals surface area contributed by atoms with E-state index in [1.165, 1.54) is 0 Å². The average molecular weight is 231 g/mol. The van der Waals surface area contributed by atoms with E-state index < -0.39 is 0 Å². The Hall–Kier alpha value is -0.480. The summed E-state index contributed by atoms with van der Waals surface area (Å²) in [5.41, 5.74) is 0.494. The second-order valence-electron chi connectivity index (χ2n) is 3.34. The Morgan fingerprint density at radius 3 is 2.80 bits per heavy atom. The number of ether oxygens (including phenoxy) is 1. The molecule has 88 valence electrons. The minimum atomic E-state index is -0.303. The third kappa shape index (κ3) is 7.45. The van der Waals surface area contributed by atoms with E-state index in [2.05, 4.69) is 25.1 Å². The maximum atomic E-state index is 11.2. The van der Waals surface area contributed by atoms with Crippen molar-refractivity contribution in [2.45, 2.75) is 25.5 Å². The van der Waals surface area contributed by atoms with Gasteiger partial charge in [-0.2, -0.15) is 11.8 Å². The highest BCUT2D eigenvalue weighted by Gasteiger charge is 2.06. The molecule has 0 aromatic carbocycles. The Balaban J connectivity index is 3.51. The van der Waals surface area contributed by atoms with Gasteiger partial charge in [0, 0.05) is 17.4 Å². The summed E-state index contributed by atoms with van der Waals surface area (Å²) in [5, 5.41) is 3.82. The first-order valence-corrected chi connectivity index (χ1v) is 6.49.